The van der Waals surface area contributed by atoms with Gasteiger partial charge in [0.2, 0.25) is 11.9 Å². The molecule has 3 aliphatic heterocycles. The summed E-state index contributed by atoms with van der Waals surface area (Å²) in [7, 11) is 3.15. The van der Waals surface area contributed by atoms with Crippen LogP contribution in [-0.4, -0.2) is 71.3 Å². The Kier molecular flexibility index (Phi) is 3.18. The number of amidine groups is 1. The Morgan fingerprint density at radius 1 is 1.25 bits per heavy atom. The summed E-state index contributed by atoms with van der Waals surface area (Å²) in [6, 6.07) is 4.85. The molecule has 0 spiro atoms. The Labute approximate surface area is 144 Å². The Bertz CT molecular complexity index is 847. The van der Waals surface area contributed by atoms with E-state index in [1.165, 1.54) is 11.9 Å². The number of hydrogen-bond acceptors (Lipinski definition) is 4. The lowest BCUT2D eigenvalue weighted by molar-refractivity contribution is -0.525. The Morgan fingerprint density at radius 2 is 2.00 bits per heavy atom. The lowest BCUT2D eigenvalue weighted by atomic mass is 10.1. The largest absolute Gasteiger partial charge is 0.397 e. The van der Waals surface area contributed by atoms with Gasteiger partial charge in [0.05, 0.1) is 6.54 Å². The molecule has 0 N–H and O–H groups in total. The predicted molar refractivity (Wildman–Crippen MR) is 90.8 cm³/mol. The summed E-state index contributed by atoms with van der Waals surface area (Å²) < 4.78 is 1.96. The topological polar surface area (TPSA) is 59.2 Å². The molecule has 0 saturated carbocycles. The summed E-state index contributed by atoms with van der Waals surface area (Å²) >= 11 is 6.24. The minimum absolute atomic E-state index is 0.239. The number of guanidine groups is 1. The average Bonchev–Trinajstić information content (AvgIpc) is 3.13. The number of carbonyl (C=O) groups excluding carboxylic acids is 2. The summed E-state index contributed by atoms with van der Waals surface area (Å²) in [5.74, 6) is 0.947. The fourth-order valence-electron chi connectivity index (χ4n) is 3.45. The Morgan fingerprint density at radius 3 is 2.75 bits per heavy atom. The first-order chi connectivity index (χ1) is 11.4. The number of hydrogen-bond donors (Lipinski definition) is 0. The number of likely N-dealkylation sites (N-methyl/N-ethyl adjacent to an activating group) is 2. The van der Waals surface area contributed by atoms with Crippen molar-refractivity contribution < 1.29 is 14.2 Å². The van der Waals surface area contributed by atoms with Crippen LogP contribution in [0.3, 0.4) is 0 Å². The molecule has 3 heterocycles. The molecule has 1 aromatic rings. The minimum atomic E-state index is -0.530. The van der Waals surface area contributed by atoms with Crippen molar-refractivity contribution in [3.63, 3.8) is 0 Å². The molecule has 1 saturated heterocycles. The van der Waals surface area contributed by atoms with Crippen LogP contribution in [0.4, 0.5) is 10.5 Å². The Balaban J connectivity index is 1.80. The van der Waals surface area contributed by atoms with Crippen molar-refractivity contribution in [1.29, 1.82) is 0 Å². The van der Waals surface area contributed by atoms with Crippen molar-refractivity contribution >= 4 is 41.0 Å². The number of halogens is 1. The van der Waals surface area contributed by atoms with E-state index in [1.807, 2.05) is 29.7 Å². The molecule has 1 aromatic carbocycles. The zero-order chi connectivity index (χ0) is 17.2. The second-order valence-electron chi connectivity index (χ2n) is 6.14. The first-order valence-corrected chi connectivity index (χ1v) is 8.09. The van der Waals surface area contributed by atoms with Crippen LogP contribution in [0.5, 0.6) is 0 Å². The quantitative estimate of drug-likeness (QED) is 0.717. The lowest BCUT2D eigenvalue weighted by Gasteiger charge is -2.31. The molecule has 0 radical (unpaired) electrons. The van der Waals surface area contributed by atoms with Crippen molar-refractivity contribution in [3.05, 3.63) is 28.8 Å². The first kappa shape index (κ1) is 15.1. The summed E-state index contributed by atoms with van der Waals surface area (Å²) in [5.41, 5.74) is 1.94. The van der Waals surface area contributed by atoms with Gasteiger partial charge in [-0.25, -0.2) is 14.3 Å². The molecule has 3 aliphatic rings. The highest BCUT2D eigenvalue weighted by atomic mass is 35.5. The van der Waals surface area contributed by atoms with E-state index in [1.54, 1.807) is 7.05 Å². The van der Waals surface area contributed by atoms with Gasteiger partial charge in [0.15, 0.2) is 0 Å². The van der Waals surface area contributed by atoms with Crippen LogP contribution in [0.2, 0.25) is 5.02 Å². The number of anilines is 1. The van der Waals surface area contributed by atoms with Gasteiger partial charge >= 0.3 is 12.0 Å². The molecule has 4 rings (SSSR count). The number of imide groups is 1. The summed E-state index contributed by atoms with van der Waals surface area (Å²) in [6.07, 6.45) is 0. The normalized spacial score (nSPS) is 23.1. The van der Waals surface area contributed by atoms with E-state index in [0.717, 1.165) is 22.7 Å². The monoisotopic (exact) mass is 346 g/mol. The van der Waals surface area contributed by atoms with E-state index in [0.29, 0.717) is 23.4 Å². The van der Waals surface area contributed by atoms with Crippen LogP contribution in [0, 0.1) is 6.92 Å². The fourth-order valence-corrected chi connectivity index (χ4v) is 3.62. The molecular formula is C16H17ClN5O2+. The lowest BCUT2D eigenvalue weighted by Crippen LogP contribution is -2.61. The number of amides is 3. The number of carbonyl (C=O) groups is 2. The van der Waals surface area contributed by atoms with Crippen molar-refractivity contribution in [1.82, 2.24) is 9.80 Å². The van der Waals surface area contributed by atoms with Gasteiger partial charge in [0, 0.05) is 24.7 Å². The number of fused-ring (bicyclic) bond motifs is 2. The highest BCUT2D eigenvalue weighted by molar-refractivity contribution is 6.32. The zero-order valence-corrected chi connectivity index (χ0v) is 14.4. The smallest absolute Gasteiger partial charge is 0.270 e. The molecule has 0 bridgehead atoms. The van der Waals surface area contributed by atoms with E-state index in [9.17, 15) is 9.59 Å². The van der Waals surface area contributed by atoms with Crippen molar-refractivity contribution in [2.75, 3.05) is 32.1 Å². The second kappa shape index (κ2) is 5.04. The van der Waals surface area contributed by atoms with Crippen molar-refractivity contribution in [3.8, 4) is 0 Å². The summed E-state index contributed by atoms with van der Waals surface area (Å²) in [5, 5.41) is 0.692. The molecule has 0 aliphatic carbocycles. The molecule has 7 nitrogen and oxygen atoms in total. The molecule has 8 heteroatoms. The van der Waals surface area contributed by atoms with Gasteiger partial charge in [-0.1, -0.05) is 22.7 Å². The Hall–Kier alpha value is -2.41. The van der Waals surface area contributed by atoms with Gasteiger partial charge < -0.3 is 0 Å². The molecule has 0 aromatic heterocycles. The maximum atomic E-state index is 12.6. The second-order valence-corrected chi connectivity index (χ2v) is 6.55. The molecular weight excluding hydrogens is 330 g/mol. The van der Waals surface area contributed by atoms with Crippen molar-refractivity contribution in [2.24, 2.45) is 4.99 Å². The highest BCUT2D eigenvalue weighted by Gasteiger charge is 2.54. The van der Waals surface area contributed by atoms with Crippen LogP contribution in [0.25, 0.3) is 0 Å². The van der Waals surface area contributed by atoms with Gasteiger partial charge in [0.1, 0.15) is 12.2 Å². The number of nitrogens with zero attached hydrogens (tertiary/aromatic N) is 5. The maximum absolute atomic E-state index is 12.6. The third-order valence-electron chi connectivity index (χ3n) is 4.85. The third-order valence-corrected chi connectivity index (χ3v) is 5.25. The highest BCUT2D eigenvalue weighted by Crippen LogP contribution is 2.31. The molecule has 1 atom stereocenters. The third kappa shape index (κ3) is 1.84. The SMILES string of the molecule is Cc1c(Cl)cccc1N1CC[N+]2=C1N=C1C2C(=O)N(C)C(=O)N1C. The zero-order valence-electron chi connectivity index (χ0n) is 13.7. The minimum Gasteiger partial charge on any atom is -0.270 e. The predicted octanol–water partition coefficient (Wildman–Crippen LogP) is 1.14. The van der Waals surface area contributed by atoms with Gasteiger partial charge in [0.25, 0.3) is 5.91 Å². The van der Waals surface area contributed by atoms with Crippen LogP contribution < -0.4 is 4.90 Å². The molecule has 124 valence electrons. The average molecular weight is 347 g/mol. The maximum Gasteiger partial charge on any atom is 0.397 e. The van der Waals surface area contributed by atoms with E-state index in [-0.39, 0.29) is 11.9 Å². The molecule has 3 amide bonds. The van der Waals surface area contributed by atoms with E-state index in [2.05, 4.69) is 9.89 Å². The van der Waals surface area contributed by atoms with E-state index >= 15 is 0 Å². The number of rotatable bonds is 1. The molecule has 1 unspecified atom stereocenters. The van der Waals surface area contributed by atoms with Gasteiger partial charge in [-0.2, -0.15) is 0 Å². The van der Waals surface area contributed by atoms with Crippen molar-refractivity contribution in [2.45, 2.75) is 13.0 Å². The fraction of sp³-hybridized carbons (Fsp3) is 0.375. The van der Waals surface area contributed by atoms with Crippen LogP contribution in [-0.2, 0) is 4.79 Å². The van der Waals surface area contributed by atoms with Crippen LogP contribution in [0.1, 0.15) is 5.56 Å². The summed E-state index contributed by atoms with van der Waals surface area (Å²) in [6.45, 7) is 3.35. The number of urea groups is 1. The number of benzene rings is 1. The van der Waals surface area contributed by atoms with Gasteiger partial charge in [-0.3, -0.25) is 14.6 Å². The number of aliphatic imine (C=N–C) groups is 1. The van der Waals surface area contributed by atoms with Gasteiger partial charge in [-0.15, -0.1) is 0 Å². The van der Waals surface area contributed by atoms with Gasteiger partial charge in [-0.05, 0) is 19.1 Å². The van der Waals surface area contributed by atoms with E-state index < -0.39 is 6.04 Å². The van der Waals surface area contributed by atoms with E-state index in [4.69, 9.17) is 11.6 Å². The van der Waals surface area contributed by atoms with Crippen LogP contribution in [0.15, 0.2) is 23.2 Å². The molecule has 1 fully saturated rings. The first-order valence-electron chi connectivity index (χ1n) is 7.72. The summed E-state index contributed by atoms with van der Waals surface area (Å²) in [4.78, 5) is 34.0. The molecule has 24 heavy (non-hydrogen) atoms. The standard InChI is InChI=1S/C16H17ClN5O2/c1-9-10(17)5-4-6-11(9)21-7-8-22-12-13(18-15(21)22)19(2)16(24)20(3)14(12)23/h4-6,12H,7-8H2,1-3H3/q+1. The van der Waals surface area contributed by atoms with Crippen LogP contribution >= 0.6 is 11.6 Å².